The number of aromatic nitrogens is 2. The Labute approximate surface area is 113 Å². The number of rotatable bonds is 2. The highest BCUT2D eigenvalue weighted by atomic mass is 16.4. The number of hydrogen-bond donors (Lipinski definition) is 1. The van der Waals surface area contributed by atoms with Gasteiger partial charge in [-0.25, -0.2) is 4.79 Å². The first-order chi connectivity index (χ1) is 9.65. The first-order valence-electron chi connectivity index (χ1n) is 5.97. The van der Waals surface area contributed by atoms with Gasteiger partial charge in [0.1, 0.15) is 17.0 Å². The largest absolute Gasteiger partial charge is 0.422 e. The van der Waals surface area contributed by atoms with Crippen LogP contribution < -0.4 is 10.9 Å². The first kappa shape index (κ1) is 12.2. The summed E-state index contributed by atoms with van der Waals surface area (Å²) >= 11 is 0. The zero-order valence-electron chi connectivity index (χ0n) is 10.7. The van der Waals surface area contributed by atoms with Crippen LogP contribution in [0.15, 0.2) is 51.8 Å². The van der Waals surface area contributed by atoms with Gasteiger partial charge in [-0.05, 0) is 12.1 Å². The van der Waals surface area contributed by atoms with Crippen molar-refractivity contribution in [1.29, 1.82) is 0 Å². The Bertz CT molecular complexity index is 848. The minimum absolute atomic E-state index is 0.0371. The molecule has 20 heavy (non-hydrogen) atoms. The number of carbonyl (C=O) groups is 1. The van der Waals surface area contributed by atoms with E-state index in [2.05, 4.69) is 10.4 Å². The molecule has 2 aromatic heterocycles. The van der Waals surface area contributed by atoms with Crippen LogP contribution in [0.1, 0.15) is 10.4 Å². The lowest BCUT2D eigenvalue weighted by molar-refractivity contribution is 0.102. The van der Waals surface area contributed by atoms with Gasteiger partial charge in [-0.3, -0.25) is 9.48 Å². The van der Waals surface area contributed by atoms with E-state index in [1.54, 1.807) is 37.5 Å². The molecule has 6 heteroatoms. The smallest absolute Gasteiger partial charge is 0.349 e. The summed E-state index contributed by atoms with van der Waals surface area (Å²) in [6.07, 6.45) is 1.55. The molecule has 1 N–H and O–H groups in total. The van der Waals surface area contributed by atoms with Crippen LogP contribution in [0, 0.1) is 0 Å². The van der Waals surface area contributed by atoms with E-state index >= 15 is 0 Å². The van der Waals surface area contributed by atoms with Gasteiger partial charge in [0.05, 0.1) is 6.20 Å². The third kappa shape index (κ3) is 2.07. The minimum atomic E-state index is -0.664. The number of para-hydroxylation sites is 1. The zero-order chi connectivity index (χ0) is 14.1. The summed E-state index contributed by atoms with van der Waals surface area (Å²) in [5.74, 6) is -0.0179. The summed E-state index contributed by atoms with van der Waals surface area (Å²) in [6.45, 7) is 0. The lowest BCUT2D eigenvalue weighted by Gasteiger charge is -2.05. The number of fused-ring (bicyclic) bond motifs is 1. The van der Waals surface area contributed by atoms with Crippen molar-refractivity contribution in [3.63, 3.8) is 0 Å². The van der Waals surface area contributed by atoms with E-state index in [1.807, 2.05) is 6.07 Å². The van der Waals surface area contributed by atoms with Crippen LogP contribution in [-0.4, -0.2) is 15.7 Å². The van der Waals surface area contributed by atoms with Crippen LogP contribution in [-0.2, 0) is 7.05 Å². The minimum Gasteiger partial charge on any atom is -0.422 e. The lowest BCUT2D eigenvalue weighted by atomic mass is 10.2. The summed E-state index contributed by atoms with van der Waals surface area (Å²) < 4.78 is 6.63. The molecule has 0 fully saturated rings. The predicted octanol–water partition coefficient (Wildman–Crippen LogP) is 1.78. The number of anilines is 1. The number of carbonyl (C=O) groups excluding carboxylic acids is 1. The molecule has 0 spiro atoms. The highest BCUT2D eigenvalue weighted by Crippen LogP contribution is 2.13. The summed E-state index contributed by atoms with van der Waals surface area (Å²) in [4.78, 5) is 24.0. The highest BCUT2D eigenvalue weighted by Gasteiger charge is 2.14. The third-order valence-electron chi connectivity index (χ3n) is 2.95. The van der Waals surface area contributed by atoms with Gasteiger partial charge in [-0.1, -0.05) is 18.2 Å². The van der Waals surface area contributed by atoms with Crippen molar-refractivity contribution in [2.45, 2.75) is 0 Å². The fourth-order valence-corrected chi connectivity index (χ4v) is 1.90. The summed E-state index contributed by atoms with van der Waals surface area (Å²) in [5, 5.41) is 7.25. The van der Waals surface area contributed by atoms with Crippen molar-refractivity contribution in [2.24, 2.45) is 7.05 Å². The number of aryl methyl sites for hydroxylation is 1. The highest BCUT2D eigenvalue weighted by molar-refractivity contribution is 6.04. The van der Waals surface area contributed by atoms with E-state index in [0.717, 1.165) is 0 Å². The van der Waals surface area contributed by atoms with Gasteiger partial charge in [0.2, 0.25) is 0 Å². The molecule has 0 aliphatic carbocycles. The molecule has 0 bridgehead atoms. The molecular weight excluding hydrogens is 258 g/mol. The Morgan fingerprint density at radius 3 is 2.85 bits per heavy atom. The van der Waals surface area contributed by atoms with E-state index in [4.69, 9.17) is 4.42 Å². The molecule has 2 heterocycles. The van der Waals surface area contributed by atoms with Crippen LogP contribution in [0.25, 0.3) is 11.0 Å². The van der Waals surface area contributed by atoms with E-state index in [1.165, 1.54) is 10.7 Å². The molecule has 6 nitrogen and oxygen atoms in total. The number of hydrogen-bond acceptors (Lipinski definition) is 4. The van der Waals surface area contributed by atoms with Crippen molar-refractivity contribution < 1.29 is 9.21 Å². The lowest BCUT2D eigenvalue weighted by Crippen LogP contribution is -2.21. The Morgan fingerprint density at radius 1 is 1.30 bits per heavy atom. The van der Waals surface area contributed by atoms with Gasteiger partial charge in [0.25, 0.3) is 5.91 Å². The second-order valence-electron chi connectivity index (χ2n) is 4.28. The maximum Gasteiger partial charge on any atom is 0.349 e. The van der Waals surface area contributed by atoms with Gasteiger partial charge in [0, 0.05) is 18.5 Å². The molecule has 0 atom stereocenters. The van der Waals surface area contributed by atoms with Crippen LogP contribution in [0.3, 0.4) is 0 Å². The fourth-order valence-electron chi connectivity index (χ4n) is 1.90. The Morgan fingerprint density at radius 2 is 2.10 bits per heavy atom. The molecule has 1 amide bonds. The van der Waals surface area contributed by atoms with Crippen LogP contribution in [0.4, 0.5) is 5.82 Å². The van der Waals surface area contributed by atoms with Gasteiger partial charge in [0.15, 0.2) is 0 Å². The predicted molar refractivity (Wildman–Crippen MR) is 73.6 cm³/mol. The van der Waals surface area contributed by atoms with E-state index in [-0.39, 0.29) is 5.56 Å². The summed E-state index contributed by atoms with van der Waals surface area (Å²) in [5.41, 5.74) is -0.247. The summed E-state index contributed by atoms with van der Waals surface area (Å²) in [6, 6.07) is 10.2. The second-order valence-corrected chi connectivity index (χ2v) is 4.28. The van der Waals surface area contributed by atoms with Gasteiger partial charge in [-0.2, -0.15) is 5.10 Å². The van der Waals surface area contributed by atoms with Crippen LogP contribution in [0.2, 0.25) is 0 Å². The zero-order valence-corrected chi connectivity index (χ0v) is 10.7. The average Bonchev–Trinajstić information content (AvgIpc) is 2.83. The van der Waals surface area contributed by atoms with Crippen molar-refractivity contribution in [3.05, 3.63) is 58.6 Å². The monoisotopic (exact) mass is 269 g/mol. The summed E-state index contributed by atoms with van der Waals surface area (Å²) in [7, 11) is 1.69. The van der Waals surface area contributed by atoms with Crippen LogP contribution >= 0.6 is 0 Å². The van der Waals surface area contributed by atoms with Gasteiger partial charge >= 0.3 is 5.63 Å². The maximum absolute atomic E-state index is 12.1. The van der Waals surface area contributed by atoms with Gasteiger partial charge < -0.3 is 9.73 Å². The Kier molecular flexibility index (Phi) is 2.83. The molecule has 0 saturated heterocycles. The van der Waals surface area contributed by atoms with E-state index < -0.39 is 11.5 Å². The normalized spacial score (nSPS) is 10.7. The van der Waals surface area contributed by atoms with Crippen molar-refractivity contribution in [2.75, 3.05) is 5.32 Å². The topological polar surface area (TPSA) is 77.1 Å². The van der Waals surface area contributed by atoms with E-state index in [9.17, 15) is 9.59 Å². The molecule has 0 aliphatic rings. The number of nitrogens with zero attached hydrogens (tertiary/aromatic N) is 2. The molecular formula is C14H11N3O3. The van der Waals surface area contributed by atoms with Crippen LogP contribution in [0.5, 0.6) is 0 Å². The number of amides is 1. The molecule has 100 valence electrons. The molecule has 0 radical (unpaired) electrons. The standard InChI is InChI=1S/C14H11N3O3/c1-17-12(6-7-15-17)16-13(18)10-8-9-4-2-3-5-11(9)20-14(10)19/h2-8H,1H3,(H,16,18). The Balaban J connectivity index is 2.01. The van der Waals surface area contributed by atoms with E-state index in [0.29, 0.717) is 16.8 Å². The SMILES string of the molecule is Cn1nccc1NC(=O)c1cc2ccccc2oc1=O. The van der Waals surface area contributed by atoms with Crippen molar-refractivity contribution in [3.8, 4) is 0 Å². The van der Waals surface area contributed by atoms with Gasteiger partial charge in [-0.15, -0.1) is 0 Å². The van der Waals surface area contributed by atoms with Crippen molar-refractivity contribution in [1.82, 2.24) is 9.78 Å². The van der Waals surface area contributed by atoms with Crippen molar-refractivity contribution >= 4 is 22.7 Å². The Hall–Kier alpha value is -2.89. The number of nitrogens with one attached hydrogen (secondary N) is 1. The molecule has 0 unspecified atom stereocenters. The second kappa shape index (κ2) is 4.65. The molecule has 3 aromatic rings. The average molecular weight is 269 g/mol. The molecule has 1 aromatic carbocycles. The molecule has 0 saturated carbocycles. The quantitative estimate of drug-likeness (QED) is 0.719. The molecule has 0 aliphatic heterocycles. The first-order valence-corrected chi connectivity index (χ1v) is 5.97. The number of benzene rings is 1. The fraction of sp³-hybridized carbons (Fsp3) is 0.0714. The third-order valence-corrected chi connectivity index (χ3v) is 2.95. The maximum atomic E-state index is 12.1. The molecule has 3 rings (SSSR count).